The van der Waals surface area contributed by atoms with Crippen LogP contribution in [0.2, 0.25) is 0 Å². The van der Waals surface area contributed by atoms with Gasteiger partial charge in [0.1, 0.15) is 0 Å². The van der Waals surface area contributed by atoms with Crippen LogP contribution in [0.5, 0.6) is 0 Å². The molecule has 3 heteroatoms. The lowest BCUT2D eigenvalue weighted by Gasteiger charge is -2.37. The fourth-order valence-electron chi connectivity index (χ4n) is 1.95. The Hall–Kier alpha value is -1.22. The van der Waals surface area contributed by atoms with Gasteiger partial charge in [0.2, 0.25) is 0 Å². The number of hydrogen-bond donors (Lipinski definition) is 3. The second kappa shape index (κ2) is 3.74. The number of aliphatic hydroxyl groups is 1. The topological polar surface area (TPSA) is 58.3 Å². The summed E-state index contributed by atoms with van der Waals surface area (Å²) in [5.74, 6) is 0. The molecule has 0 aliphatic heterocycles. The molecule has 0 heterocycles. The lowest BCUT2D eigenvalue weighted by molar-refractivity contribution is -0.0201. The lowest BCUT2D eigenvalue weighted by Crippen LogP contribution is -2.43. The zero-order chi connectivity index (χ0) is 10.9. The third kappa shape index (κ3) is 2.07. The summed E-state index contributed by atoms with van der Waals surface area (Å²) in [6, 6.07) is 5.83. The van der Waals surface area contributed by atoms with Crippen molar-refractivity contribution in [2.24, 2.45) is 0 Å². The van der Waals surface area contributed by atoms with Crippen molar-refractivity contribution in [2.45, 2.75) is 31.8 Å². The number of rotatable bonds is 3. The molecule has 0 saturated heterocycles. The molecular formula is C12H18N2O. The van der Waals surface area contributed by atoms with Crippen LogP contribution in [0.4, 0.5) is 11.4 Å². The summed E-state index contributed by atoms with van der Waals surface area (Å²) >= 11 is 0. The summed E-state index contributed by atoms with van der Waals surface area (Å²) in [6.45, 7) is 2.62. The quantitative estimate of drug-likeness (QED) is 0.662. The summed E-state index contributed by atoms with van der Waals surface area (Å²) in [5, 5.41) is 13.2. The van der Waals surface area contributed by atoms with Crippen molar-refractivity contribution in [3.05, 3.63) is 23.8 Å². The van der Waals surface area contributed by atoms with Gasteiger partial charge in [-0.25, -0.2) is 0 Å². The standard InChI is InChI=1S/C12H18N2O/c1-9-4-2-5-10(13)11(9)14-8-12(15)6-3-7-12/h2,4-5,14-15H,3,6-8,13H2,1H3. The minimum absolute atomic E-state index is 0.505. The summed E-state index contributed by atoms with van der Waals surface area (Å²) in [5.41, 5.74) is 8.19. The molecule has 3 nitrogen and oxygen atoms in total. The first-order valence-electron chi connectivity index (χ1n) is 5.42. The van der Waals surface area contributed by atoms with Gasteiger partial charge in [-0.05, 0) is 37.8 Å². The van der Waals surface area contributed by atoms with Gasteiger partial charge in [0.25, 0.3) is 0 Å². The number of nitrogen functional groups attached to an aromatic ring is 1. The van der Waals surface area contributed by atoms with Crippen LogP contribution in [0, 0.1) is 6.92 Å². The number of para-hydroxylation sites is 1. The molecule has 0 bridgehead atoms. The molecule has 1 aromatic carbocycles. The monoisotopic (exact) mass is 206 g/mol. The Morgan fingerprint density at radius 3 is 2.73 bits per heavy atom. The highest BCUT2D eigenvalue weighted by Crippen LogP contribution is 2.32. The largest absolute Gasteiger partial charge is 0.397 e. The van der Waals surface area contributed by atoms with Gasteiger partial charge in [-0.15, -0.1) is 0 Å². The minimum atomic E-state index is -0.505. The summed E-state index contributed by atoms with van der Waals surface area (Å²) in [7, 11) is 0. The van der Waals surface area contributed by atoms with Gasteiger partial charge in [0.15, 0.2) is 0 Å². The fourth-order valence-corrected chi connectivity index (χ4v) is 1.95. The molecular weight excluding hydrogens is 188 g/mol. The summed E-state index contributed by atoms with van der Waals surface area (Å²) in [4.78, 5) is 0. The van der Waals surface area contributed by atoms with E-state index in [2.05, 4.69) is 5.32 Å². The molecule has 1 aliphatic rings. The van der Waals surface area contributed by atoms with Gasteiger partial charge in [-0.2, -0.15) is 0 Å². The molecule has 0 atom stereocenters. The normalized spacial score (nSPS) is 18.3. The van der Waals surface area contributed by atoms with Crippen LogP contribution in [-0.2, 0) is 0 Å². The highest BCUT2D eigenvalue weighted by molar-refractivity contribution is 5.69. The third-order valence-corrected chi connectivity index (χ3v) is 3.18. The molecule has 1 fully saturated rings. The maximum Gasteiger partial charge on any atom is 0.0819 e. The van der Waals surface area contributed by atoms with E-state index in [0.717, 1.165) is 36.2 Å². The fraction of sp³-hybridized carbons (Fsp3) is 0.500. The SMILES string of the molecule is Cc1cccc(N)c1NCC1(O)CCC1. The van der Waals surface area contributed by atoms with E-state index in [1.807, 2.05) is 25.1 Å². The number of aryl methyl sites for hydroxylation is 1. The number of nitrogens with two attached hydrogens (primary N) is 1. The molecule has 0 radical (unpaired) electrons. The molecule has 15 heavy (non-hydrogen) atoms. The second-order valence-electron chi connectivity index (χ2n) is 4.47. The average Bonchev–Trinajstić information content (AvgIpc) is 2.14. The van der Waals surface area contributed by atoms with E-state index in [1.54, 1.807) is 0 Å². The van der Waals surface area contributed by atoms with Gasteiger partial charge in [0.05, 0.1) is 17.0 Å². The van der Waals surface area contributed by atoms with Crippen LogP contribution in [0.3, 0.4) is 0 Å². The Balaban J connectivity index is 2.04. The molecule has 1 aromatic rings. The number of nitrogens with one attached hydrogen (secondary N) is 1. The van der Waals surface area contributed by atoms with Gasteiger partial charge >= 0.3 is 0 Å². The maximum absolute atomic E-state index is 9.95. The predicted molar refractivity (Wildman–Crippen MR) is 62.9 cm³/mol. The first-order chi connectivity index (χ1) is 7.11. The van der Waals surface area contributed by atoms with Crippen molar-refractivity contribution in [1.29, 1.82) is 0 Å². The van der Waals surface area contributed by atoms with Crippen molar-refractivity contribution >= 4 is 11.4 Å². The zero-order valence-corrected chi connectivity index (χ0v) is 9.09. The Bertz CT molecular complexity index is 338. The van der Waals surface area contributed by atoms with Crippen molar-refractivity contribution in [2.75, 3.05) is 17.6 Å². The van der Waals surface area contributed by atoms with E-state index in [4.69, 9.17) is 5.73 Å². The summed E-state index contributed by atoms with van der Waals surface area (Å²) < 4.78 is 0. The molecule has 4 N–H and O–H groups in total. The van der Waals surface area contributed by atoms with Gasteiger partial charge < -0.3 is 16.2 Å². The van der Waals surface area contributed by atoms with Crippen LogP contribution in [0.15, 0.2) is 18.2 Å². The van der Waals surface area contributed by atoms with Crippen LogP contribution < -0.4 is 11.1 Å². The maximum atomic E-state index is 9.95. The van der Waals surface area contributed by atoms with Crippen molar-refractivity contribution in [3.8, 4) is 0 Å². The average molecular weight is 206 g/mol. The van der Waals surface area contributed by atoms with Crippen molar-refractivity contribution in [1.82, 2.24) is 0 Å². The third-order valence-electron chi connectivity index (χ3n) is 3.18. The van der Waals surface area contributed by atoms with Gasteiger partial charge in [-0.3, -0.25) is 0 Å². The van der Waals surface area contributed by atoms with E-state index in [1.165, 1.54) is 0 Å². The molecule has 0 amide bonds. The van der Waals surface area contributed by atoms with Crippen LogP contribution >= 0.6 is 0 Å². The van der Waals surface area contributed by atoms with Crippen LogP contribution in [0.1, 0.15) is 24.8 Å². The van der Waals surface area contributed by atoms with E-state index < -0.39 is 5.60 Å². The smallest absolute Gasteiger partial charge is 0.0819 e. The highest BCUT2D eigenvalue weighted by Gasteiger charge is 2.34. The highest BCUT2D eigenvalue weighted by atomic mass is 16.3. The molecule has 0 aromatic heterocycles. The first-order valence-corrected chi connectivity index (χ1v) is 5.42. The van der Waals surface area contributed by atoms with E-state index in [9.17, 15) is 5.11 Å². The number of hydrogen-bond acceptors (Lipinski definition) is 3. The summed E-state index contributed by atoms with van der Waals surface area (Å²) in [6.07, 6.45) is 2.92. The van der Waals surface area contributed by atoms with Gasteiger partial charge in [-0.1, -0.05) is 12.1 Å². The van der Waals surface area contributed by atoms with Crippen molar-refractivity contribution in [3.63, 3.8) is 0 Å². The minimum Gasteiger partial charge on any atom is -0.397 e. The molecule has 1 aliphatic carbocycles. The number of benzene rings is 1. The van der Waals surface area contributed by atoms with E-state index in [-0.39, 0.29) is 0 Å². The molecule has 0 spiro atoms. The Kier molecular flexibility index (Phi) is 2.57. The van der Waals surface area contributed by atoms with E-state index >= 15 is 0 Å². The first kappa shape index (κ1) is 10.3. The zero-order valence-electron chi connectivity index (χ0n) is 9.09. The second-order valence-corrected chi connectivity index (χ2v) is 4.47. The molecule has 0 unspecified atom stereocenters. The van der Waals surface area contributed by atoms with Crippen molar-refractivity contribution < 1.29 is 5.11 Å². The molecule has 82 valence electrons. The van der Waals surface area contributed by atoms with Crippen LogP contribution in [-0.4, -0.2) is 17.3 Å². The van der Waals surface area contributed by atoms with E-state index in [0.29, 0.717) is 6.54 Å². The Labute approximate surface area is 90.3 Å². The Morgan fingerprint density at radius 2 is 2.20 bits per heavy atom. The Morgan fingerprint density at radius 1 is 1.47 bits per heavy atom. The lowest BCUT2D eigenvalue weighted by atomic mass is 9.80. The number of anilines is 2. The predicted octanol–water partition coefficient (Wildman–Crippen LogP) is 1.90. The molecule has 2 rings (SSSR count). The van der Waals surface area contributed by atoms with Crippen LogP contribution in [0.25, 0.3) is 0 Å². The van der Waals surface area contributed by atoms with Gasteiger partial charge in [0, 0.05) is 6.54 Å². The molecule has 1 saturated carbocycles.